The number of amides is 1. The lowest BCUT2D eigenvalue weighted by molar-refractivity contribution is -0.137. The molecule has 4 nitrogen and oxygen atoms in total. The number of hydrogen-bond acceptors (Lipinski definition) is 2. The number of carbonyl (C=O) groups is 1. The minimum absolute atomic E-state index is 0.201. The van der Waals surface area contributed by atoms with Crippen LogP contribution in [0.4, 0.5) is 13.2 Å². The van der Waals surface area contributed by atoms with Crippen LogP contribution in [0.5, 0.6) is 0 Å². The average Bonchev–Trinajstić information content (AvgIpc) is 2.77. The molecule has 0 bridgehead atoms. The van der Waals surface area contributed by atoms with Gasteiger partial charge in [-0.15, -0.1) is 0 Å². The molecule has 0 fully saturated rings. The Labute approximate surface area is 145 Å². The van der Waals surface area contributed by atoms with Crippen LogP contribution in [0.3, 0.4) is 0 Å². The standard InChI is InChI=1S/C18H22F3N3O/c1-11(14-6-5-7-15(10-14)18(19,20)21)22-17(25)9-8-16-12(2)23-24(4)13(16)3/h5-7,10-11H,8-9H2,1-4H3,(H,22,25). The third-order valence-corrected chi connectivity index (χ3v) is 4.35. The highest BCUT2D eigenvalue weighted by atomic mass is 19.4. The molecule has 0 spiro atoms. The molecule has 0 saturated carbocycles. The van der Waals surface area contributed by atoms with Gasteiger partial charge in [0.1, 0.15) is 0 Å². The predicted octanol–water partition coefficient (Wildman–Crippen LogP) is 3.87. The van der Waals surface area contributed by atoms with Gasteiger partial charge in [-0.05, 0) is 50.5 Å². The van der Waals surface area contributed by atoms with E-state index in [0.717, 1.165) is 29.1 Å². The van der Waals surface area contributed by atoms with Gasteiger partial charge in [0.25, 0.3) is 0 Å². The van der Waals surface area contributed by atoms with Crippen LogP contribution >= 0.6 is 0 Å². The molecular weight excluding hydrogens is 331 g/mol. The Balaban J connectivity index is 1.98. The van der Waals surface area contributed by atoms with Crippen molar-refractivity contribution in [2.24, 2.45) is 7.05 Å². The quantitative estimate of drug-likeness (QED) is 0.887. The van der Waals surface area contributed by atoms with E-state index in [-0.39, 0.29) is 12.3 Å². The maximum Gasteiger partial charge on any atom is 0.416 e. The number of nitrogens with zero attached hydrogens (tertiary/aromatic N) is 2. The van der Waals surface area contributed by atoms with Crippen molar-refractivity contribution < 1.29 is 18.0 Å². The van der Waals surface area contributed by atoms with Gasteiger partial charge >= 0.3 is 6.18 Å². The zero-order chi connectivity index (χ0) is 18.8. The molecule has 2 aromatic rings. The Morgan fingerprint density at radius 2 is 2.00 bits per heavy atom. The molecule has 25 heavy (non-hydrogen) atoms. The van der Waals surface area contributed by atoms with E-state index in [9.17, 15) is 18.0 Å². The second kappa shape index (κ2) is 7.29. The fourth-order valence-corrected chi connectivity index (χ4v) is 2.80. The van der Waals surface area contributed by atoms with Gasteiger partial charge in [-0.25, -0.2) is 0 Å². The Morgan fingerprint density at radius 3 is 2.56 bits per heavy atom. The molecule has 0 saturated heterocycles. The average molecular weight is 353 g/mol. The van der Waals surface area contributed by atoms with Crippen molar-refractivity contribution in [3.63, 3.8) is 0 Å². The van der Waals surface area contributed by atoms with Crippen molar-refractivity contribution in [2.45, 2.75) is 45.8 Å². The molecule has 1 unspecified atom stereocenters. The van der Waals surface area contributed by atoms with Gasteiger partial charge in [-0.2, -0.15) is 18.3 Å². The first-order valence-electron chi connectivity index (χ1n) is 8.05. The van der Waals surface area contributed by atoms with Crippen LogP contribution in [0, 0.1) is 13.8 Å². The van der Waals surface area contributed by atoms with Gasteiger partial charge in [0, 0.05) is 19.2 Å². The summed E-state index contributed by atoms with van der Waals surface area (Å²) in [6.07, 6.45) is -3.58. The summed E-state index contributed by atoms with van der Waals surface area (Å²) >= 11 is 0. The molecule has 7 heteroatoms. The maximum absolute atomic E-state index is 12.8. The first-order chi connectivity index (χ1) is 11.6. The van der Waals surface area contributed by atoms with Crippen LogP contribution in [0.2, 0.25) is 0 Å². The first-order valence-corrected chi connectivity index (χ1v) is 8.05. The van der Waals surface area contributed by atoms with Gasteiger partial charge in [-0.1, -0.05) is 12.1 Å². The van der Waals surface area contributed by atoms with Crippen molar-refractivity contribution in [2.75, 3.05) is 0 Å². The predicted molar refractivity (Wildman–Crippen MR) is 89.0 cm³/mol. The van der Waals surface area contributed by atoms with E-state index in [0.29, 0.717) is 12.0 Å². The molecule has 0 aliphatic rings. The van der Waals surface area contributed by atoms with Crippen LogP contribution in [-0.4, -0.2) is 15.7 Å². The summed E-state index contributed by atoms with van der Waals surface area (Å²) in [4.78, 5) is 12.2. The lowest BCUT2D eigenvalue weighted by Gasteiger charge is -2.16. The van der Waals surface area contributed by atoms with E-state index in [1.54, 1.807) is 17.7 Å². The smallest absolute Gasteiger partial charge is 0.350 e. The largest absolute Gasteiger partial charge is 0.416 e. The minimum atomic E-state index is -4.39. The zero-order valence-electron chi connectivity index (χ0n) is 14.7. The van der Waals surface area contributed by atoms with Crippen LogP contribution in [0.25, 0.3) is 0 Å². The lowest BCUT2D eigenvalue weighted by Crippen LogP contribution is -2.27. The number of benzene rings is 1. The number of halogens is 3. The van der Waals surface area contributed by atoms with Crippen molar-refractivity contribution in [1.29, 1.82) is 0 Å². The number of alkyl halides is 3. The summed E-state index contributed by atoms with van der Waals surface area (Å²) in [5, 5.41) is 7.07. The van der Waals surface area contributed by atoms with E-state index in [1.165, 1.54) is 6.07 Å². The van der Waals surface area contributed by atoms with Crippen molar-refractivity contribution in [1.82, 2.24) is 15.1 Å². The monoisotopic (exact) mass is 353 g/mol. The number of nitrogens with one attached hydrogen (secondary N) is 1. The molecule has 1 N–H and O–H groups in total. The second-order valence-corrected chi connectivity index (χ2v) is 6.19. The molecule has 2 rings (SSSR count). The number of hydrogen-bond donors (Lipinski definition) is 1. The van der Waals surface area contributed by atoms with Crippen LogP contribution in [0.15, 0.2) is 24.3 Å². The van der Waals surface area contributed by atoms with E-state index in [1.807, 2.05) is 20.9 Å². The van der Waals surface area contributed by atoms with Gasteiger partial charge < -0.3 is 5.32 Å². The molecule has 1 amide bonds. The van der Waals surface area contributed by atoms with E-state index in [4.69, 9.17) is 0 Å². The summed E-state index contributed by atoms with van der Waals surface area (Å²) in [5.74, 6) is -0.201. The fraction of sp³-hybridized carbons (Fsp3) is 0.444. The molecule has 1 aromatic carbocycles. The van der Waals surface area contributed by atoms with Crippen molar-refractivity contribution in [3.05, 3.63) is 52.3 Å². The van der Waals surface area contributed by atoms with Crippen LogP contribution in [-0.2, 0) is 24.4 Å². The fourth-order valence-electron chi connectivity index (χ4n) is 2.80. The van der Waals surface area contributed by atoms with Gasteiger partial charge in [0.05, 0.1) is 17.3 Å². The molecule has 0 radical (unpaired) electrons. The second-order valence-electron chi connectivity index (χ2n) is 6.19. The highest BCUT2D eigenvalue weighted by Gasteiger charge is 2.30. The zero-order valence-corrected chi connectivity index (χ0v) is 14.7. The highest BCUT2D eigenvalue weighted by Crippen LogP contribution is 2.30. The molecular formula is C18H22F3N3O. The van der Waals surface area contributed by atoms with E-state index < -0.39 is 17.8 Å². The summed E-state index contributed by atoms with van der Waals surface area (Å²) in [6, 6.07) is 4.52. The van der Waals surface area contributed by atoms with Crippen molar-refractivity contribution in [3.8, 4) is 0 Å². The topological polar surface area (TPSA) is 46.9 Å². The van der Waals surface area contributed by atoms with E-state index >= 15 is 0 Å². The SMILES string of the molecule is Cc1nn(C)c(C)c1CCC(=O)NC(C)c1cccc(C(F)(F)F)c1. The number of rotatable bonds is 5. The first kappa shape index (κ1) is 19.0. The van der Waals surface area contributed by atoms with Crippen molar-refractivity contribution >= 4 is 5.91 Å². The number of aromatic nitrogens is 2. The number of carbonyl (C=O) groups excluding carboxylic acids is 1. The molecule has 136 valence electrons. The Hall–Kier alpha value is -2.31. The maximum atomic E-state index is 12.8. The Morgan fingerprint density at radius 1 is 1.32 bits per heavy atom. The summed E-state index contributed by atoms with van der Waals surface area (Å²) in [5.41, 5.74) is 2.64. The molecule has 1 heterocycles. The minimum Gasteiger partial charge on any atom is -0.350 e. The van der Waals surface area contributed by atoms with Gasteiger partial charge in [0.2, 0.25) is 5.91 Å². The van der Waals surface area contributed by atoms with Crippen LogP contribution in [0.1, 0.15) is 47.5 Å². The molecule has 1 aromatic heterocycles. The third-order valence-electron chi connectivity index (χ3n) is 4.35. The summed E-state index contributed by atoms with van der Waals surface area (Å²) in [6.45, 7) is 5.51. The lowest BCUT2D eigenvalue weighted by atomic mass is 10.0. The normalized spacial score (nSPS) is 12.9. The molecule has 0 aliphatic carbocycles. The molecule has 1 atom stereocenters. The van der Waals surface area contributed by atoms with Gasteiger partial charge in [0.15, 0.2) is 0 Å². The van der Waals surface area contributed by atoms with Crippen LogP contribution < -0.4 is 5.32 Å². The Bertz CT molecular complexity index is 765. The summed E-state index contributed by atoms with van der Waals surface area (Å²) in [7, 11) is 1.85. The Kier molecular flexibility index (Phi) is 5.55. The third kappa shape index (κ3) is 4.61. The highest BCUT2D eigenvalue weighted by molar-refractivity contribution is 5.76. The summed E-state index contributed by atoms with van der Waals surface area (Å²) < 4.78 is 40.1. The van der Waals surface area contributed by atoms with Gasteiger partial charge in [-0.3, -0.25) is 9.48 Å². The number of aryl methyl sites for hydroxylation is 2. The molecule has 0 aliphatic heterocycles. The van der Waals surface area contributed by atoms with E-state index in [2.05, 4.69) is 10.4 Å².